The summed E-state index contributed by atoms with van der Waals surface area (Å²) in [6, 6.07) is 7.05. The predicted molar refractivity (Wildman–Crippen MR) is 60.7 cm³/mol. The molecule has 0 unspecified atom stereocenters. The number of rotatable bonds is 2. The summed E-state index contributed by atoms with van der Waals surface area (Å²) in [6.45, 7) is 0. The Balaban J connectivity index is 2.54. The number of H-pyrrole nitrogens is 1. The van der Waals surface area contributed by atoms with E-state index in [1.54, 1.807) is 18.2 Å². The Morgan fingerprint density at radius 2 is 2.19 bits per heavy atom. The van der Waals surface area contributed by atoms with Crippen LogP contribution in [0.4, 0.5) is 5.69 Å². The Kier molecular flexibility index (Phi) is 2.61. The molecule has 0 saturated heterocycles. The van der Waals surface area contributed by atoms with Crippen molar-refractivity contribution in [2.45, 2.75) is 0 Å². The molecule has 0 fully saturated rings. The van der Waals surface area contributed by atoms with Crippen molar-refractivity contribution in [1.82, 2.24) is 9.78 Å². The number of halogens is 1. The quantitative estimate of drug-likeness (QED) is 0.674. The Morgan fingerprint density at radius 3 is 2.75 bits per heavy atom. The van der Waals surface area contributed by atoms with Crippen LogP contribution >= 0.6 is 15.9 Å². The van der Waals surface area contributed by atoms with Gasteiger partial charge in [-0.15, -0.1) is 0 Å². The number of nitrogens with one attached hydrogen (secondary N) is 1. The largest absolute Gasteiger partial charge is 0.353 e. The summed E-state index contributed by atoms with van der Waals surface area (Å²) in [5.41, 5.74) is -0.551. The van der Waals surface area contributed by atoms with E-state index >= 15 is 0 Å². The van der Waals surface area contributed by atoms with Crippen molar-refractivity contribution in [3.63, 3.8) is 0 Å². The summed E-state index contributed by atoms with van der Waals surface area (Å²) in [4.78, 5) is 21.0. The molecule has 0 spiro atoms. The van der Waals surface area contributed by atoms with Gasteiger partial charge >= 0.3 is 11.2 Å². The fraction of sp³-hybridized carbons (Fsp3) is 0. The summed E-state index contributed by atoms with van der Waals surface area (Å²) in [6.07, 6.45) is 1.16. The molecule has 0 bridgehead atoms. The Labute approximate surface area is 97.8 Å². The van der Waals surface area contributed by atoms with Gasteiger partial charge in [-0.1, -0.05) is 22.0 Å². The van der Waals surface area contributed by atoms with Gasteiger partial charge in [0.05, 0.1) is 10.6 Å². The van der Waals surface area contributed by atoms with E-state index in [2.05, 4.69) is 21.0 Å². The van der Waals surface area contributed by atoms with Crippen LogP contribution in [0.15, 0.2) is 39.7 Å². The standard InChI is InChI=1S/C9H6BrN3O3/c10-6-2-1-3-7(4-6)12-5-8(13(15)16)9(14)11-12/h1-5H,(H,11,14). The smallest absolute Gasteiger partial charge is 0.260 e. The number of aromatic amines is 1. The zero-order chi connectivity index (χ0) is 11.7. The van der Waals surface area contributed by atoms with E-state index in [1.807, 2.05) is 6.07 Å². The molecule has 0 amide bonds. The lowest BCUT2D eigenvalue weighted by Crippen LogP contribution is -2.06. The average Bonchev–Trinajstić information content (AvgIpc) is 2.60. The van der Waals surface area contributed by atoms with Crippen LogP contribution in [0.2, 0.25) is 0 Å². The average molecular weight is 284 g/mol. The van der Waals surface area contributed by atoms with E-state index in [0.29, 0.717) is 5.69 Å². The summed E-state index contributed by atoms with van der Waals surface area (Å²) in [5.74, 6) is 0. The molecular formula is C9H6BrN3O3. The molecule has 1 aromatic heterocycles. The molecule has 0 aliphatic rings. The van der Waals surface area contributed by atoms with Gasteiger partial charge in [0, 0.05) is 4.47 Å². The number of hydrogen-bond acceptors (Lipinski definition) is 3. The minimum absolute atomic E-state index is 0.472. The Morgan fingerprint density at radius 1 is 1.44 bits per heavy atom. The highest BCUT2D eigenvalue weighted by Gasteiger charge is 2.15. The van der Waals surface area contributed by atoms with Crippen molar-refractivity contribution in [2.24, 2.45) is 0 Å². The van der Waals surface area contributed by atoms with Crippen LogP contribution < -0.4 is 5.56 Å². The molecule has 16 heavy (non-hydrogen) atoms. The van der Waals surface area contributed by atoms with Crippen LogP contribution in [0.5, 0.6) is 0 Å². The Hall–Kier alpha value is -1.89. The monoisotopic (exact) mass is 283 g/mol. The SMILES string of the molecule is O=c1[nH]n(-c2cccc(Br)c2)cc1[N+](=O)[O-]. The third kappa shape index (κ3) is 1.89. The number of aromatic nitrogens is 2. The van der Waals surface area contributed by atoms with Gasteiger partial charge in [-0.05, 0) is 18.2 Å². The molecule has 0 aliphatic heterocycles. The zero-order valence-corrected chi connectivity index (χ0v) is 9.47. The van der Waals surface area contributed by atoms with E-state index in [1.165, 1.54) is 4.68 Å². The first-order valence-electron chi connectivity index (χ1n) is 4.30. The lowest BCUT2D eigenvalue weighted by Gasteiger charge is -2.00. The third-order valence-electron chi connectivity index (χ3n) is 1.99. The normalized spacial score (nSPS) is 10.3. The fourth-order valence-corrected chi connectivity index (χ4v) is 1.66. The molecule has 1 heterocycles. The van der Waals surface area contributed by atoms with Crippen LogP contribution in [0.25, 0.3) is 5.69 Å². The highest BCUT2D eigenvalue weighted by Crippen LogP contribution is 2.15. The minimum atomic E-state index is -0.718. The highest BCUT2D eigenvalue weighted by atomic mass is 79.9. The van der Waals surface area contributed by atoms with Crippen molar-refractivity contribution >= 4 is 21.6 Å². The van der Waals surface area contributed by atoms with E-state index in [9.17, 15) is 14.9 Å². The lowest BCUT2D eigenvalue weighted by molar-refractivity contribution is -0.386. The third-order valence-corrected chi connectivity index (χ3v) is 2.48. The Bertz CT molecular complexity index is 602. The summed E-state index contributed by atoms with van der Waals surface area (Å²) < 4.78 is 2.13. The molecule has 1 aromatic carbocycles. The number of nitro groups is 1. The van der Waals surface area contributed by atoms with E-state index in [-0.39, 0.29) is 0 Å². The van der Waals surface area contributed by atoms with Gasteiger partial charge in [-0.2, -0.15) is 0 Å². The maximum atomic E-state index is 11.2. The molecular weight excluding hydrogens is 278 g/mol. The first-order chi connectivity index (χ1) is 7.58. The maximum absolute atomic E-state index is 11.2. The van der Waals surface area contributed by atoms with E-state index in [4.69, 9.17) is 0 Å². The van der Waals surface area contributed by atoms with Gasteiger partial charge < -0.3 is 0 Å². The van der Waals surface area contributed by atoms with Crippen molar-refractivity contribution < 1.29 is 4.92 Å². The van der Waals surface area contributed by atoms with Crippen LogP contribution in [0, 0.1) is 10.1 Å². The molecule has 2 aromatic rings. The lowest BCUT2D eigenvalue weighted by atomic mass is 10.3. The number of benzene rings is 1. The van der Waals surface area contributed by atoms with Crippen LogP contribution in [0.3, 0.4) is 0 Å². The van der Waals surface area contributed by atoms with Crippen molar-refractivity contribution in [3.8, 4) is 5.69 Å². The second-order valence-electron chi connectivity index (χ2n) is 3.06. The second-order valence-corrected chi connectivity index (χ2v) is 3.98. The fourth-order valence-electron chi connectivity index (χ4n) is 1.27. The molecule has 0 saturated carbocycles. The van der Waals surface area contributed by atoms with Crippen LogP contribution in [-0.4, -0.2) is 14.7 Å². The molecule has 82 valence electrons. The summed E-state index contributed by atoms with van der Waals surface area (Å²) in [5, 5.41) is 12.9. The van der Waals surface area contributed by atoms with Crippen molar-refractivity contribution in [2.75, 3.05) is 0 Å². The molecule has 0 atom stereocenters. The zero-order valence-electron chi connectivity index (χ0n) is 7.88. The van der Waals surface area contributed by atoms with Gasteiger partial charge in [0.1, 0.15) is 6.20 Å². The van der Waals surface area contributed by atoms with Gasteiger partial charge in [0.2, 0.25) is 0 Å². The van der Waals surface area contributed by atoms with Crippen LogP contribution in [-0.2, 0) is 0 Å². The van der Waals surface area contributed by atoms with Crippen molar-refractivity contribution in [1.29, 1.82) is 0 Å². The summed E-state index contributed by atoms with van der Waals surface area (Å²) >= 11 is 3.27. The molecule has 0 aliphatic carbocycles. The molecule has 1 N–H and O–H groups in total. The molecule has 2 rings (SSSR count). The number of nitrogens with zero attached hydrogens (tertiary/aromatic N) is 2. The number of hydrogen-bond donors (Lipinski definition) is 1. The van der Waals surface area contributed by atoms with Gasteiger partial charge in [-0.3, -0.25) is 24.7 Å². The highest BCUT2D eigenvalue weighted by molar-refractivity contribution is 9.10. The predicted octanol–water partition coefficient (Wildman–Crippen LogP) is 1.84. The van der Waals surface area contributed by atoms with Gasteiger partial charge in [0.15, 0.2) is 0 Å². The van der Waals surface area contributed by atoms with E-state index < -0.39 is 16.2 Å². The second kappa shape index (κ2) is 3.93. The molecule has 0 radical (unpaired) electrons. The summed E-state index contributed by atoms with van der Waals surface area (Å²) in [7, 11) is 0. The first-order valence-corrected chi connectivity index (χ1v) is 5.09. The van der Waals surface area contributed by atoms with Crippen LogP contribution in [0.1, 0.15) is 0 Å². The molecule has 7 heteroatoms. The van der Waals surface area contributed by atoms with Gasteiger partial charge in [-0.25, -0.2) is 0 Å². The molecule has 6 nitrogen and oxygen atoms in total. The first kappa shape index (κ1) is 10.6. The topological polar surface area (TPSA) is 80.9 Å². The maximum Gasteiger partial charge on any atom is 0.353 e. The van der Waals surface area contributed by atoms with Gasteiger partial charge in [0.25, 0.3) is 0 Å². The minimum Gasteiger partial charge on any atom is -0.260 e. The van der Waals surface area contributed by atoms with E-state index in [0.717, 1.165) is 10.7 Å². The van der Waals surface area contributed by atoms with Crippen molar-refractivity contribution in [3.05, 3.63) is 55.4 Å².